The van der Waals surface area contributed by atoms with Crippen LogP contribution < -0.4 is 15.4 Å². The number of para-hydroxylation sites is 1. The minimum atomic E-state index is -0.321. The number of hydrogen-bond donors (Lipinski definition) is 2. The maximum atomic E-state index is 13.0. The van der Waals surface area contributed by atoms with Crippen molar-refractivity contribution >= 4 is 17.4 Å². The van der Waals surface area contributed by atoms with Crippen molar-refractivity contribution in [1.29, 1.82) is 0 Å². The summed E-state index contributed by atoms with van der Waals surface area (Å²) in [6, 6.07) is 15.1. The third kappa shape index (κ3) is 5.01. The van der Waals surface area contributed by atoms with Gasteiger partial charge in [-0.1, -0.05) is 18.2 Å². The molecule has 1 heterocycles. The number of amides is 1. The number of nitrogens with one attached hydrogen (secondary N) is 2. The number of carbonyl (C=O) groups excluding carboxylic acids is 1. The monoisotopic (exact) mass is 366 g/mol. The summed E-state index contributed by atoms with van der Waals surface area (Å²) in [5, 5.41) is 5.84. The highest BCUT2D eigenvalue weighted by atomic mass is 19.1. The summed E-state index contributed by atoms with van der Waals surface area (Å²) in [6.07, 6.45) is 1.95. The lowest BCUT2D eigenvalue weighted by Gasteiger charge is -2.09. The number of methoxy groups -OCH3 is 1. The number of rotatable bonds is 7. The van der Waals surface area contributed by atoms with Crippen molar-refractivity contribution in [2.24, 2.45) is 0 Å². The molecule has 138 valence electrons. The van der Waals surface area contributed by atoms with Crippen LogP contribution in [0.2, 0.25) is 0 Å². The Hall–Kier alpha value is -3.48. The van der Waals surface area contributed by atoms with Gasteiger partial charge in [-0.15, -0.1) is 0 Å². The van der Waals surface area contributed by atoms with Crippen molar-refractivity contribution in [2.45, 2.75) is 6.42 Å². The summed E-state index contributed by atoms with van der Waals surface area (Å²) in [4.78, 5) is 20.4. The fraction of sp³-hybridized carbons (Fsp3) is 0.150. The van der Waals surface area contributed by atoms with Gasteiger partial charge in [0.25, 0.3) is 5.91 Å². The van der Waals surface area contributed by atoms with Gasteiger partial charge in [0, 0.05) is 18.3 Å². The maximum absolute atomic E-state index is 13.0. The Balaban J connectivity index is 1.59. The molecule has 2 N–H and O–H groups in total. The predicted octanol–water partition coefficient (Wildman–Crippen LogP) is 3.34. The molecule has 0 saturated carbocycles. The van der Waals surface area contributed by atoms with Crippen LogP contribution >= 0.6 is 0 Å². The molecular formula is C20H19FN4O2. The first kappa shape index (κ1) is 18.3. The minimum Gasteiger partial charge on any atom is -0.496 e. The molecule has 27 heavy (non-hydrogen) atoms. The van der Waals surface area contributed by atoms with E-state index in [1.54, 1.807) is 25.3 Å². The molecule has 0 bridgehead atoms. The standard InChI is InChI=1S/C20H19FN4O2/c1-27-18-5-3-2-4-14(18)10-11-22-20(26)17-12-19(24-13-23-17)25-16-8-6-15(21)7-9-16/h2-9,12-13H,10-11H2,1H3,(H,22,26)(H,23,24,25). The van der Waals surface area contributed by atoms with E-state index >= 15 is 0 Å². The summed E-state index contributed by atoms with van der Waals surface area (Å²) >= 11 is 0. The predicted molar refractivity (Wildman–Crippen MR) is 101 cm³/mol. The Morgan fingerprint density at radius 3 is 2.67 bits per heavy atom. The molecular weight excluding hydrogens is 347 g/mol. The van der Waals surface area contributed by atoms with Crippen LogP contribution in [0.3, 0.4) is 0 Å². The first-order valence-corrected chi connectivity index (χ1v) is 8.40. The Bertz CT molecular complexity index is 916. The van der Waals surface area contributed by atoms with Gasteiger partial charge in [-0.05, 0) is 42.3 Å². The first-order valence-electron chi connectivity index (χ1n) is 8.40. The van der Waals surface area contributed by atoms with Crippen LogP contribution in [0.25, 0.3) is 0 Å². The summed E-state index contributed by atoms with van der Waals surface area (Å²) < 4.78 is 18.3. The third-order valence-electron chi connectivity index (χ3n) is 3.89. The molecule has 3 rings (SSSR count). The smallest absolute Gasteiger partial charge is 0.270 e. The van der Waals surface area contributed by atoms with Gasteiger partial charge in [0.15, 0.2) is 0 Å². The van der Waals surface area contributed by atoms with Crippen LogP contribution in [0, 0.1) is 5.82 Å². The Morgan fingerprint density at radius 2 is 1.89 bits per heavy atom. The number of benzene rings is 2. The van der Waals surface area contributed by atoms with Gasteiger partial charge < -0.3 is 15.4 Å². The summed E-state index contributed by atoms with van der Waals surface area (Å²) in [5.41, 5.74) is 1.92. The fourth-order valence-electron chi connectivity index (χ4n) is 2.54. The van der Waals surface area contributed by atoms with Crippen LogP contribution in [0.15, 0.2) is 60.9 Å². The van der Waals surface area contributed by atoms with E-state index in [4.69, 9.17) is 4.74 Å². The zero-order valence-corrected chi connectivity index (χ0v) is 14.8. The largest absolute Gasteiger partial charge is 0.496 e. The van der Waals surface area contributed by atoms with Crippen LogP contribution in [-0.2, 0) is 6.42 Å². The molecule has 0 atom stereocenters. The third-order valence-corrected chi connectivity index (χ3v) is 3.89. The van der Waals surface area contributed by atoms with Gasteiger partial charge >= 0.3 is 0 Å². The highest BCUT2D eigenvalue weighted by Crippen LogP contribution is 2.17. The molecule has 1 aromatic heterocycles. The molecule has 0 aliphatic carbocycles. The van der Waals surface area contributed by atoms with Crippen molar-refractivity contribution in [3.63, 3.8) is 0 Å². The topological polar surface area (TPSA) is 76.1 Å². The van der Waals surface area contributed by atoms with E-state index in [1.165, 1.54) is 18.5 Å². The van der Waals surface area contributed by atoms with Crippen LogP contribution in [0.5, 0.6) is 5.75 Å². The summed E-state index contributed by atoms with van der Waals surface area (Å²) in [7, 11) is 1.62. The molecule has 1 amide bonds. The molecule has 0 aliphatic heterocycles. The number of aromatic nitrogens is 2. The zero-order chi connectivity index (χ0) is 19.1. The van der Waals surface area contributed by atoms with Gasteiger partial charge in [0.05, 0.1) is 7.11 Å². The maximum Gasteiger partial charge on any atom is 0.270 e. The van der Waals surface area contributed by atoms with Crippen LogP contribution in [0.1, 0.15) is 16.1 Å². The van der Waals surface area contributed by atoms with Crippen LogP contribution in [0.4, 0.5) is 15.9 Å². The van der Waals surface area contributed by atoms with E-state index < -0.39 is 0 Å². The molecule has 7 heteroatoms. The lowest BCUT2D eigenvalue weighted by molar-refractivity contribution is 0.0949. The molecule has 6 nitrogen and oxygen atoms in total. The average Bonchev–Trinajstić information content (AvgIpc) is 2.70. The van der Waals surface area contributed by atoms with E-state index in [2.05, 4.69) is 20.6 Å². The number of halogens is 1. The lowest BCUT2D eigenvalue weighted by Crippen LogP contribution is -2.26. The van der Waals surface area contributed by atoms with Crippen molar-refractivity contribution in [3.8, 4) is 5.75 Å². The van der Waals surface area contributed by atoms with Crippen molar-refractivity contribution in [1.82, 2.24) is 15.3 Å². The normalized spacial score (nSPS) is 10.3. The minimum absolute atomic E-state index is 0.245. The first-order chi connectivity index (χ1) is 13.2. The van der Waals surface area contributed by atoms with Crippen molar-refractivity contribution < 1.29 is 13.9 Å². The average molecular weight is 366 g/mol. The lowest BCUT2D eigenvalue weighted by atomic mass is 10.1. The number of carbonyl (C=O) groups is 1. The highest BCUT2D eigenvalue weighted by molar-refractivity contribution is 5.92. The van der Waals surface area contributed by atoms with Gasteiger partial charge in [0.1, 0.15) is 29.4 Å². The van der Waals surface area contributed by atoms with E-state index in [9.17, 15) is 9.18 Å². The van der Waals surface area contributed by atoms with E-state index in [-0.39, 0.29) is 17.4 Å². The number of anilines is 2. The van der Waals surface area contributed by atoms with E-state index in [0.29, 0.717) is 24.5 Å². The molecule has 0 fully saturated rings. The van der Waals surface area contributed by atoms with Crippen molar-refractivity contribution in [3.05, 3.63) is 78.0 Å². The Labute approximate surface area is 156 Å². The quantitative estimate of drug-likeness (QED) is 0.671. The van der Waals surface area contributed by atoms with E-state index in [0.717, 1.165) is 11.3 Å². The highest BCUT2D eigenvalue weighted by Gasteiger charge is 2.09. The Morgan fingerprint density at radius 1 is 1.11 bits per heavy atom. The van der Waals surface area contributed by atoms with Crippen LogP contribution in [-0.4, -0.2) is 29.5 Å². The van der Waals surface area contributed by atoms with Gasteiger partial charge in [-0.25, -0.2) is 14.4 Å². The second kappa shape index (κ2) is 8.75. The van der Waals surface area contributed by atoms with E-state index in [1.807, 2.05) is 24.3 Å². The molecule has 2 aromatic carbocycles. The second-order valence-electron chi connectivity index (χ2n) is 5.74. The number of nitrogens with zero attached hydrogens (tertiary/aromatic N) is 2. The number of hydrogen-bond acceptors (Lipinski definition) is 5. The molecule has 3 aromatic rings. The van der Waals surface area contributed by atoms with Gasteiger partial charge in [-0.2, -0.15) is 0 Å². The SMILES string of the molecule is COc1ccccc1CCNC(=O)c1cc(Nc2ccc(F)cc2)ncn1. The molecule has 0 saturated heterocycles. The fourth-order valence-corrected chi connectivity index (χ4v) is 2.54. The second-order valence-corrected chi connectivity index (χ2v) is 5.74. The molecule has 0 aliphatic rings. The molecule has 0 unspecified atom stereocenters. The Kier molecular flexibility index (Phi) is 5.94. The van der Waals surface area contributed by atoms with Crippen molar-refractivity contribution in [2.75, 3.05) is 19.0 Å². The number of ether oxygens (including phenoxy) is 1. The molecule has 0 spiro atoms. The summed E-state index contributed by atoms with van der Waals surface area (Å²) in [5.74, 6) is 0.624. The molecule has 0 radical (unpaired) electrons. The van der Waals surface area contributed by atoms with Gasteiger partial charge in [0.2, 0.25) is 0 Å². The van der Waals surface area contributed by atoms with Gasteiger partial charge in [-0.3, -0.25) is 4.79 Å². The zero-order valence-electron chi connectivity index (χ0n) is 14.8. The summed E-state index contributed by atoms with van der Waals surface area (Å²) in [6.45, 7) is 0.448.